The molecular formula is C23H25ClN2O3. The molecule has 1 N–H and O–H groups in total. The fourth-order valence-electron chi connectivity index (χ4n) is 4.56. The number of nitrogens with zero attached hydrogens (tertiary/aromatic N) is 1. The van der Waals surface area contributed by atoms with E-state index in [1.807, 2.05) is 32.0 Å². The van der Waals surface area contributed by atoms with Gasteiger partial charge in [-0.25, -0.2) is 0 Å². The van der Waals surface area contributed by atoms with Crippen molar-refractivity contribution < 1.29 is 14.3 Å². The quantitative estimate of drug-likeness (QED) is 0.825. The summed E-state index contributed by atoms with van der Waals surface area (Å²) in [6.07, 6.45) is 0.905. The molecule has 2 amide bonds. The number of halogens is 1. The van der Waals surface area contributed by atoms with Crippen molar-refractivity contribution in [2.24, 2.45) is 5.92 Å². The predicted molar refractivity (Wildman–Crippen MR) is 112 cm³/mol. The van der Waals surface area contributed by atoms with E-state index in [-0.39, 0.29) is 30.3 Å². The Morgan fingerprint density at radius 1 is 1.24 bits per heavy atom. The van der Waals surface area contributed by atoms with Crippen LogP contribution in [0.5, 0.6) is 5.75 Å². The van der Waals surface area contributed by atoms with Crippen LogP contribution in [0, 0.1) is 19.8 Å². The van der Waals surface area contributed by atoms with E-state index in [1.54, 1.807) is 18.0 Å². The van der Waals surface area contributed by atoms with Crippen molar-refractivity contribution in [3.63, 3.8) is 0 Å². The number of hydrogen-bond donors (Lipinski definition) is 1. The van der Waals surface area contributed by atoms with Crippen molar-refractivity contribution in [1.82, 2.24) is 10.2 Å². The fraction of sp³-hybridized carbons (Fsp3) is 0.391. The van der Waals surface area contributed by atoms with Gasteiger partial charge in [-0.2, -0.15) is 0 Å². The van der Waals surface area contributed by atoms with Crippen LogP contribution in [0.1, 0.15) is 47.2 Å². The zero-order valence-corrected chi connectivity index (χ0v) is 17.6. The summed E-state index contributed by atoms with van der Waals surface area (Å²) in [7, 11) is 1.75. The summed E-state index contributed by atoms with van der Waals surface area (Å²) in [6, 6.07) is 11.1. The van der Waals surface area contributed by atoms with Crippen molar-refractivity contribution >= 4 is 23.4 Å². The highest BCUT2D eigenvalue weighted by atomic mass is 35.5. The Morgan fingerprint density at radius 3 is 2.79 bits per heavy atom. The minimum atomic E-state index is -0.455. The molecule has 2 heterocycles. The third kappa shape index (κ3) is 3.71. The minimum absolute atomic E-state index is 0.0332. The Balaban J connectivity index is 1.61. The molecule has 0 aliphatic carbocycles. The number of nitrogens with one attached hydrogen (secondary N) is 1. The van der Waals surface area contributed by atoms with Crippen LogP contribution in [0.3, 0.4) is 0 Å². The highest BCUT2D eigenvalue weighted by Gasteiger charge is 2.43. The highest BCUT2D eigenvalue weighted by molar-refractivity contribution is 6.30. The average molecular weight is 413 g/mol. The lowest BCUT2D eigenvalue weighted by Gasteiger charge is -2.31. The van der Waals surface area contributed by atoms with E-state index in [2.05, 4.69) is 17.4 Å². The largest absolute Gasteiger partial charge is 0.493 e. The van der Waals surface area contributed by atoms with Gasteiger partial charge in [0.05, 0.1) is 24.6 Å². The van der Waals surface area contributed by atoms with Gasteiger partial charge in [-0.05, 0) is 37.1 Å². The number of carbonyl (C=O) groups is 2. The summed E-state index contributed by atoms with van der Waals surface area (Å²) in [4.78, 5) is 27.4. The molecule has 29 heavy (non-hydrogen) atoms. The van der Waals surface area contributed by atoms with Crippen molar-refractivity contribution in [3.05, 3.63) is 63.7 Å². The van der Waals surface area contributed by atoms with Gasteiger partial charge in [0, 0.05) is 30.5 Å². The molecule has 1 saturated heterocycles. The Bertz CT molecular complexity index is 975. The van der Waals surface area contributed by atoms with Gasteiger partial charge in [-0.3, -0.25) is 9.59 Å². The third-order valence-corrected chi connectivity index (χ3v) is 6.14. The summed E-state index contributed by atoms with van der Waals surface area (Å²) in [6.45, 7) is 4.62. The van der Waals surface area contributed by atoms with Crippen LogP contribution in [0.25, 0.3) is 0 Å². The van der Waals surface area contributed by atoms with Crippen LogP contribution in [0.15, 0.2) is 36.4 Å². The standard InChI is InChI=1S/C23H25ClN2O3/c1-13-9-14(2)22-17(10-13)19(7-8-29-22)25-23(28)18-12-20(27)26(3)21(18)15-5-4-6-16(24)11-15/h4-6,9-11,18-19,21H,7-8,12H2,1-3H3,(H,25,28)/t18-,19-,21+/m1/s1. The molecule has 0 unspecified atom stereocenters. The molecule has 3 atom stereocenters. The normalized spacial score (nSPS) is 23.5. The summed E-state index contributed by atoms with van der Waals surface area (Å²) in [5.74, 6) is 0.264. The zero-order chi connectivity index (χ0) is 20.7. The molecule has 2 aliphatic heterocycles. The number of carbonyl (C=O) groups excluding carboxylic acids is 2. The third-order valence-electron chi connectivity index (χ3n) is 5.91. The monoisotopic (exact) mass is 412 g/mol. The van der Waals surface area contributed by atoms with Gasteiger partial charge < -0.3 is 15.0 Å². The van der Waals surface area contributed by atoms with Crippen molar-refractivity contribution in [2.45, 2.75) is 38.8 Å². The topological polar surface area (TPSA) is 58.6 Å². The SMILES string of the molecule is Cc1cc(C)c2c(c1)[C@H](NC(=O)[C@@H]1CC(=O)N(C)[C@H]1c1cccc(Cl)c1)CCO2. The van der Waals surface area contributed by atoms with Crippen LogP contribution >= 0.6 is 11.6 Å². The molecule has 0 radical (unpaired) electrons. The lowest BCUT2D eigenvalue weighted by atomic mass is 9.91. The molecule has 1 fully saturated rings. The smallest absolute Gasteiger partial charge is 0.226 e. The van der Waals surface area contributed by atoms with Crippen LogP contribution in [0.2, 0.25) is 5.02 Å². The number of ether oxygens (including phenoxy) is 1. The summed E-state index contributed by atoms with van der Waals surface area (Å²) in [5.41, 5.74) is 4.11. The number of amides is 2. The Morgan fingerprint density at radius 2 is 2.03 bits per heavy atom. The van der Waals surface area contributed by atoms with Gasteiger partial charge in [0.2, 0.25) is 11.8 Å². The van der Waals surface area contributed by atoms with Crippen LogP contribution in [-0.2, 0) is 9.59 Å². The number of fused-ring (bicyclic) bond motifs is 1. The Kier molecular flexibility index (Phi) is 5.26. The number of hydrogen-bond acceptors (Lipinski definition) is 3. The molecule has 2 aromatic carbocycles. The molecule has 0 spiro atoms. The number of benzene rings is 2. The molecular weight excluding hydrogens is 388 g/mol. The molecule has 0 saturated carbocycles. The molecule has 2 aromatic rings. The van der Waals surface area contributed by atoms with Gasteiger partial charge in [0.15, 0.2) is 0 Å². The first-order valence-electron chi connectivity index (χ1n) is 9.90. The second-order valence-electron chi connectivity index (χ2n) is 8.01. The predicted octanol–water partition coefficient (Wildman–Crippen LogP) is 4.12. The summed E-state index contributed by atoms with van der Waals surface area (Å²) < 4.78 is 5.86. The van der Waals surface area contributed by atoms with Gasteiger partial charge in [-0.1, -0.05) is 41.4 Å². The second-order valence-corrected chi connectivity index (χ2v) is 8.45. The fourth-order valence-corrected chi connectivity index (χ4v) is 4.76. The first-order chi connectivity index (χ1) is 13.8. The molecule has 5 nitrogen and oxygen atoms in total. The Hall–Kier alpha value is -2.53. The molecule has 152 valence electrons. The number of aryl methyl sites for hydroxylation is 2. The van der Waals surface area contributed by atoms with E-state index in [9.17, 15) is 9.59 Å². The van der Waals surface area contributed by atoms with Crippen molar-refractivity contribution in [3.8, 4) is 5.75 Å². The first-order valence-corrected chi connectivity index (χ1v) is 10.3. The molecule has 2 aliphatic rings. The maximum atomic E-state index is 13.3. The van der Waals surface area contributed by atoms with Gasteiger partial charge >= 0.3 is 0 Å². The van der Waals surface area contributed by atoms with Crippen molar-refractivity contribution in [2.75, 3.05) is 13.7 Å². The maximum Gasteiger partial charge on any atom is 0.226 e. The van der Waals surface area contributed by atoms with Gasteiger partial charge in [0.25, 0.3) is 0 Å². The lowest BCUT2D eigenvalue weighted by Crippen LogP contribution is -2.38. The molecule has 4 rings (SSSR count). The van der Waals surface area contributed by atoms with Crippen molar-refractivity contribution in [1.29, 1.82) is 0 Å². The van der Waals surface area contributed by atoms with Crippen LogP contribution < -0.4 is 10.1 Å². The van der Waals surface area contributed by atoms with Gasteiger partial charge in [0.1, 0.15) is 5.75 Å². The summed E-state index contributed by atoms with van der Waals surface area (Å²) in [5, 5.41) is 3.79. The summed E-state index contributed by atoms with van der Waals surface area (Å²) >= 11 is 6.16. The van der Waals surface area contributed by atoms with Gasteiger partial charge in [-0.15, -0.1) is 0 Å². The van der Waals surface area contributed by atoms with E-state index in [4.69, 9.17) is 16.3 Å². The second kappa shape index (κ2) is 7.71. The molecule has 0 bridgehead atoms. The lowest BCUT2D eigenvalue weighted by molar-refractivity contribution is -0.128. The number of rotatable bonds is 3. The molecule has 6 heteroatoms. The van der Waals surface area contributed by atoms with E-state index >= 15 is 0 Å². The molecule has 0 aromatic heterocycles. The zero-order valence-electron chi connectivity index (χ0n) is 16.9. The minimum Gasteiger partial charge on any atom is -0.493 e. The average Bonchev–Trinajstić information content (AvgIpc) is 2.97. The van der Waals surface area contributed by atoms with E-state index in [0.717, 1.165) is 28.0 Å². The van der Waals surface area contributed by atoms with E-state index in [0.29, 0.717) is 18.1 Å². The first kappa shape index (κ1) is 19.8. The number of likely N-dealkylation sites (tertiary alicyclic amines) is 1. The van der Waals surface area contributed by atoms with Crippen LogP contribution in [-0.4, -0.2) is 30.4 Å². The van der Waals surface area contributed by atoms with E-state index < -0.39 is 5.92 Å². The van der Waals surface area contributed by atoms with E-state index in [1.165, 1.54) is 0 Å². The maximum absolute atomic E-state index is 13.3. The highest BCUT2D eigenvalue weighted by Crippen LogP contribution is 2.40. The van der Waals surface area contributed by atoms with Crippen LogP contribution in [0.4, 0.5) is 0 Å². The Labute approximate surface area is 176 Å².